The van der Waals surface area contributed by atoms with E-state index in [1.54, 1.807) is 31.2 Å². The van der Waals surface area contributed by atoms with E-state index >= 15 is 0 Å². The van der Waals surface area contributed by atoms with E-state index in [1.807, 2.05) is 6.07 Å². The molecule has 0 saturated carbocycles. The van der Waals surface area contributed by atoms with Crippen LogP contribution in [0.15, 0.2) is 39.9 Å². The number of nitriles is 1. The van der Waals surface area contributed by atoms with E-state index in [-0.39, 0.29) is 17.9 Å². The highest BCUT2D eigenvalue weighted by atomic mass is 79.9. The molecule has 0 N–H and O–H groups in total. The van der Waals surface area contributed by atoms with Gasteiger partial charge in [-0.2, -0.15) is 5.26 Å². The Kier molecular flexibility index (Phi) is 4.11. The zero-order valence-electron chi connectivity index (χ0n) is 10.6. The molecule has 1 heterocycles. The van der Waals surface area contributed by atoms with Gasteiger partial charge in [-0.25, -0.2) is 4.98 Å². The number of aromatic nitrogens is 2. The third kappa shape index (κ3) is 2.83. The lowest BCUT2D eigenvalue weighted by Crippen LogP contribution is -2.25. The Balaban J connectivity index is 2.26. The smallest absolute Gasteiger partial charge is 0.268 e. The summed E-state index contributed by atoms with van der Waals surface area (Å²) in [4.78, 5) is 28.0. The second kappa shape index (κ2) is 5.80. The summed E-state index contributed by atoms with van der Waals surface area (Å²) in [5, 5.41) is 8.70. The van der Waals surface area contributed by atoms with E-state index in [0.717, 1.165) is 0 Å². The molecule has 1 aromatic carbocycles. The molecule has 1 aromatic heterocycles. The number of halogens is 1. The first-order valence-electron chi connectivity index (χ1n) is 5.78. The highest BCUT2D eigenvalue weighted by Gasteiger charge is 2.11. The highest BCUT2D eigenvalue weighted by molar-refractivity contribution is 9.10. The van der Waals surface area contributed by atoms with Crippen molar-refractivity contribution in [2.45, 2.75) is 13.5 Å². The van der Waals surface area contributed by atoms with Crippen molar-refractivity contribution >= 4 is 21.7 Å². The van der Waals surface area contributed by atoms with Gasteiger partial charge in [0.15, 0.2) is 5.78 Å². The van der Waals surface area contributed by atoms with Gasteiger partial charge < -0.3 is 0 Å². The Morgan fingerprint density at radius 2 is 2.05 bits per heavy atom. The monoisotopic (exact) mass is 331 g/mol. The zero-order chi connectivity index (χ0) is 14.7. The van der Waals surface area contributed by atoms with Crippen molar-refractivity contribution in [3.8, 4) is 6.07 Å². The van der Waals surface area contributed by atoms with Gasteiger partial charge in [-0.1, -0.05) is 12.1 Å². The number of aryl methyl sites for hydroxylation is 1. The Bertz CT molecular complexity index is 757. The maximum Gasteiger partial charge on any atom is 0.268 e. The van der Waals surface area contributed by atoms with Crippen LogP contribution in [0.25, 0.3) is 0 Å². The molecule has 0 aliphatic rings. The minimum atomic E-state index is -0.292. The fourth-order valence-electron chi connectivity index (χ4n) is 1.64. The molecular weight excluding hydrogens is 322 g/mol. The number of hydrogen-bond donors (Lipinski definition) is 0. The van der Waals surface area contributed by atoms with Gasteiger partial charge in [-0.05, 0) is 35.0 Å². The Morgan fingerprint density at radius 1 is 1.40 bits per heavy atom. The summed E-state index contributed by atoms with van der Waals surface area (Å²) in [5.74, 6) is -0.214. The van der Waals surface area contributed by atoms with Crippen LogP contribution in [0.5, 0.6) is 0 Å². The number of carbonyl (C=O) groups is 1. The standard InChI is InChI=1S/C14H10BrN3O2/c1-9-13(15)14(20)18(8-17-9)7-12(19)11-4-2-10(6-16)3-5-11/h2-5,8H,7H2,1H3. The lowest BCUT2D eigenvalue weighted by Gasteiger charge is -2.06. The lowest BCUT2D eigenvalue weighted by molar-refractivity contribution is 0.0970. The summed E-state index contributed by atoms with van der Waals surface area (Å²) in [6.45, 7) is 1.62. The van der Waals surface area contributed by atoms with Crippen molar-refractivity contribution in [2.75, 3.05) is 0 Å². The molecule has 2 rings (SSSR count). The molecule has 6 heteroatoms. The molecule has 0 unspecified atom stereocenters. The van der Waals surface area contributed by atoms with Crippen LogP contribution in [0.4, 0.5) is 0 Å². The molecule has 0 amide bonds. The van der Waals surface area contributed by atoms with Crippen LogP contribution in [0, 0.1) is 18.3 Å². The van der Waals surface area contributed by atoms with Crippen molar-refractivity contribution in [1.29, 1.82) is 5.26 Å². The quantitative estimate of drug-likeness (QED) is 0.807. The average Bonchev–Trinajstić information content (AvgIpc) is 2.48. The summed E-state index contributed by atoms with van der Waals surface area (Å²) >= 11 is 3.15. The molecule has 0 spiro atoms. The molecule has 100 valence electrons. The average molecular weight is 332 g/mol. The van der Waals surface area contributed by atoms with Gasteiger partial charge in [0.1, 0.15) is 4.47 Å². The second-order valence-corrected chi connectivity index (χ2v) is 4.98. The topological polar surface area (TPSA) is 75.8 Å². The predicted octanol–water partition coefficient (Wildman–Crippen LogP) is 2.07. The SMILES string of the molecule is Cc1ncn(CC(=O)c2ccc(C#N)cc2)c(=O)c1Br. The minimum absolute atomic E-state index is 0.0867. The number of rotatable bonds is 3. The molecule has 0 aliphatic heterocycles. The third-order valence-electron chi connectivity index (χ3n) is 2.81. The van der Waals surface area contributed by atoms with Crippen LogP contribution >= 0.6 is 15.9 Å². The molecular formula is C14H10BrN3O2. The highest BCUT2D eigenvalue weighted by Crippen LogP contribution is 2.08. The van der Waals surface area contributed by atoms with E-state index in [9.17, 15) is 9.59 Å². The first-order valence-corrected chi connectivity index (χ1v) is 6.57. The van der Waals surface area contributed by atoms with Crippen LogP contribution < -0.4 is 5.56 Å². The summed E-state index contributed by atoms with van der Waals surface area (Å²) in [6.07, 6.45) is 1.35. The van der Waals surface area contributed by atoms with Gasteiger partial charge in [0.2, 0.25) is 0 Å². The van der Waals surface area contributed by atoms with E-state index in [2.05, 4.69) is 20.9 Å². The first-order chi connectivity index (χ1) is 9.52. The number of Topliss-reactive ketones (excluding diaryl/α,β-unsaturated/α-hetero) is 1. The number of ketones is 1. The molecule has 0 atom stereocenters. The summed E-state index contributed by atoms with van der Waals surface area (Å²) in [6, 6.07) is 8.26. The fraction of sp³-hybridized carbons (Fsp3) is 0.143. The summed E-state index contributed by atoms with van der Waals surface area (Å²) < 4.78 is 1.60. The van der Waals surface area contributed by atoms with Gasteiger partial charge in [0, 0.05) is 5.56 Å². The van der Waals surface area contributed by atoms with Crippen molar-refractivity contribution in [2.24, 2.45) is 0 Å². The second-order valence-electron chi connectivity index (χ2n) is 4.19. The van der Waals surface area contributed by atoms with E-state index in [1.165, 1.54) is 10.9 Å². The molecule has 0 fully saturated rings. The van der Waals surface area contributed by atoms with Crippen molar-refractivity contribution < 1.29 is 4.79 Å². The summed E-state index contributed by atoms with van der Waals surface area (Å²) in [7, 11) is 0. The van der Waals surface area contributed by atoms with E-state index in [0.29, 0.717) is 21.3 Å². The normalized spacial score (nSPS) is 10.1. The van der Waals surface area contributed by atoms with Crippen LogP contribution in [0.1, 0.15) is 21.6 Å². The van der Waals surface area contributed by atoms with Crippen LogP contribution in [0.3, 0.4) is 0 Å². The van der Waals surface area contributed by atoms with Crippen molar-refractivity contribution in [3.63, 3.8) is 0 Å². The Hall–Kier alpha value is -2.26. The minimum Gasteiger partial charge on any atom is -0.292 e. The maximum atomic E-state index is 12.1. The molecule has 0 aliphatic carbocycles. The lowest BCUT2D eigenvalue weighted by atomic mass is 10.1. The van der Waals surface area contributed by atoms with Crippen LogP contribution in [-0.2, 0) is 6.54 Å². The van der Waals surface area contributed by atoms with Gasteiger partial charge in [0.05, 0.1) is 30.2 Å². The Morgan fingerprint density at radius 3 is 2.65 bits per heavy atom. The predicted molar refractivity (Wildman–Crippen MR) is 76.4 cm³/mol. The number of carbonyl (C=O) groups excluding carboxylic acids is 1. The van der Waals surface area contributed by atoms with E-state index < -0.39 is 0 Å². The van der Waals surface area contributed by atoms with Crippen molar-refractivity contribution in [3.05, 3.63) is 62.2 Å². The van der Waals surface area contributed by atoms with Crippen molar-refractivity contribution in [1.82, 2.24) is 9.55 Å². The maximum absolute atomic E-state index is 12.1. The van der Waals surface area contributed by atoms with Gasteiger partial charge in [0.25, 0.3) is 5.56 Å². The summed E-state index contributed by atoms with van der Waals surface area (Å²) in [5.41, 5.74) is 1.22. The van der Waals surface area contributed by atoms with E-state index in [4.69, 9.17) is 5.26 Å². The number of nitrogens with zero attached hydrogens (tertiary/aromatic N) is 3. The van der Waals surface area contributed by atoms with Crippen LogP contribution in [0.2, 0.25) is 0 Å². The largest absolute Gasteiger partial charge is 0.292 e. The van der Waals surface area contributed by atoms with Gasteiger partial charge in [-0.15, -0.1) is 0 Å². The molecule has 20 heavy (non-hydrogen) atoms. The van der Waals surface area contributed by atoms with Gasteiger partial charge >= 0.3 is 0 Å². The molecule has 5 nitrogen and oxygen atoms in total. The molecule has 0 bridgehead atoms. The molecule has 0 radical (unpaired) electrons. The van der Waals surface area contributed by atoms with Gasteiger partial charge in [-0.3, -0.25) is 14.2 Å². The fourth-order valence-corrected chi connectivity index (χ4v) is 1.97. The number of hydrogen-bond acceptors (Lipinski definition) is 4. The third-order valence-corrected chi connectivity index (χ3v) is 3.72. The molecule has 2 aromatic rings. The number of benzene rings is 1. The Labute approximate surface area is 123 Å². The zero-order valence-corrected chi connectivity index (χ0v) is 12.2. The first kappa shape index (κ1) is 14.2. The van der Waals surface area contributed by atoms with Crippen LogP contribution in [-0.4, -0.2) is 15.3 Å². The molecule has 0 saturated heterocycles.